The highest BCUT2D eigenvalue weighted by Gasteiger charge is 2.23. The van der Waals surface area contributed by atoms with E-state index < -0.39 is 14.2 Å². The number of aliphatic carboxylic acids is 1. The third-order valence-electron chi connectivity index (χ3n) is 1.66. The van der Waals surface area contributed by atoms with Gasteiger partial charge in [-0.05, 0) is 17.9 Å². The maximum atomic E-state index is 10.9. The second kappa shape index (κ2) is 6.47. The summed E-state index contributed by atoms with van der Waals surface area (Å²) < 4.78 is 0. The van der Waals surface area contributed by atoms with Gasteiger partial charge < -0.3 is 10.1 Å². The maximum Gasteiger partial charge on any atom is 0.320 e. The molecule has 0 fully saturated rings. The fourth-order valence-electron chi connectivity index (χ4n) is 1.13. The molecule has 0 heterocycles. The molecular weight excluding hydrogens is 214 g/mol. The van der Waals surface area contributed by atoms with Crippen molar-refractivity contribution >= 4 is 26.0 Å². The smallest absolute Gasteiger partial charge is 0.320 e. The molecule has 0 aromatic carbocycles. The van der Waals surface area contributed by atoms with Crippen LogP contribution in [0, 0.1) is 0 Å². The van der Waals surface area contributed by atoms with Gasteiger partial charge in [0.05, 0.1) is 0 Å². The summed E-state index contributed by atoms with van der Waals surface area (Å²) in [6.45, 7) is 8.45. The van der Waals surface area contributed by atoms with Gasteiger partial charge in [0.15, 0.2) is 0 Å². The highest BCUT2D eigenvalue weighted by molar-refractivity contribution is 7.99. The molecule has 0 bridgehead atoms. The van der Waals surface area contributed by atoms with Crippen molar-refractivity contribution in [2.45, 2.75) is 39.0 Å². The van der Waals surface area contributed by atoms with Crippen LogP contribution in [0.1, 0.15) is 13.3 Å². The summed E-state index contributed by atoms with van der Waals surface area (Å²) in [6.07, 6.45) is 0.720. The SMILES string of the molecule is CCSCC[C@H](N[Si](C)(C)C)C(=O)O. The van der Waals surface area contributed by atoms with Crippen molar-refractivity contribution in [3.05, 3.63) is 0 Å². The van der Waals surface area contributed by atoms with Crippen LogP contribution in [0.4, 0.5) is 0 Å². The fourth-order valence-corrected chi connectivity index (χ4v) is 3.13. The number of carboxylic acids is 1. The molecule has 0 unspecified atom stereocenters. The fraction of sp³-hybridized carbons (Fsp3) is 0.889. The monoisotopic (exact) mass is 235 g/mol. The zero-order chi connectivity index (χ0) is 11.2. The van der Waals surface area contributed by atoms with E-state index in [2.05, 4.69) is 31.5 Å². The standard InChI is InChI=1S/C9H21NO2SSi/c1-5-13-7-6-8(9(11)12)10-14(2,3)4/h8,10H,5-7H2,1-4H3,(H,11,12)/t8-/m0/s1. The van der Waals surface area contributed by atoms with E-state index in [0.29, 0.717) is 0 Å². The molecular formula is C9H21NO2SSi. The first-order valence-electron chi connectivity index (χ1n) is 4.95. The lowest BCUT2D eigenvalue weighted by Crippen LogP contribution is -2.51. The van der Waals surface area contributed by atoms with E-state index in [-0.39, 0.29) is 6.04 Å². The van der Waals surface area contributed by atoms with Crippen LogP contribution in [-0.4, -0.2) is 36.9 Å². The lowest BCUT2D eigenvalue weighted by Gasteiger charge is -2.23. The largest absolute Gasteiger partial charge is 0.480 e. The summed E-state index contributed by atoms with van der Waals surface area (Å²) in [5.74, 6) is 1.26. The Morgan fingerprint density at radius 1 is 1.50 bits per heavy atom. The van der Waals surface area contributed by atoms with Gasteiger partial charge in [-0.3, -0.25) is 4.79 Å². The third-order valence-corrected chi connectivity index (χ3v) is 3.81. The summed E-state index contributed by atoms with van der Waals surface area (Å²) in [6, 6.07) is -0.360. The Morgan fingerprint density at radius 3 is 2.43 bits per heavy atom. The number of hydrogen-bond donors (Lipinski definition) is 2. The second-order valence-corrected chi connectivity index (χ2v) is 10.5. The highest BCUT2D eigenvalue weighted by atomic mass is 32.2. The first kappa shape index (κ1) is 14.0. The zero-order valence-electron chi connectivity index (χ0n) is 9.46. The van der Waals surface area contributed by atoms with E-state index in [4.69, 9.17) is 5.11 Å². The average molecular weight is 235 g/mol. The molecule has 0 saturated heterocycles. The molecule has 3 nitrogen and oxygen atoms in total. The van der Waals surface area contributed by atoms with E-state index in [1.165, 1.54) is 0 Å². The van der Waals surface area contributed by atoms with Crippen molar-refractivity contribution in [1.82, 2.24) is 4.98 Å². The lowest BCUT2D eigenvalue weighted by atomic mass is 10.2. The van der Waals surface area contributed by atoms with Crippen LogP contribution < -0.4 is 4.98 Å². The zero-order valence-corrected chi connectivity index (χ0v) is 11.3. The minimum Gasteiger partial charge on any atom is -0.480 e. The van der Waals surface area contributed by atoms with Crippen LogP contribution in [0.15, 0.2) is 0 Å². The van der Waals surface area contributed by atoms with Crippen LogP contribution >= 0.6 is 11.8 Å². The molecule has 84 valence electrons. The summed E-state index contributed by atoms with van der Waals surface area (Å²) in [5, 5.41) is 8.99. The Morgan fingerprint density at radius 2 is 2.07 bits per heavy atom. The van der Waals surface area contributed by atoms with Crippen molar-refractivity contribution in [3.63, 3.8) is 0 Å². The van der Waals surface area contributed by atoms with Crippen molar-refractivity contribution in [1.29, 1.82) is 0 Å². The number of carboxylic acid groups (broad SMARTS) is 1. The van der Waals surface area contributed by atoms with Gasteiger partial charge in [-0.15, -0.1) is 0 Å². The van der Waals surface area contributed by atoms with Gasteiger partial charge in [-0.2, -0.15) is 11.8 Å². The van der Waals surface area contributed by atoms with Crippen LogP contribution in [0.25, 0.3) is 0 Å². The lowest BCUT2D eigenvalue weighted by molar-refractivity contribution is -0.139. The number of hydrogen-bond acceptors (Lipinski definition) is 3. The molecule has 2 N–H and O–H groups in total. The Bertz CT molecular complexity index is 182. The van der Waals surface area contributed by atoms with E-state index in [0.717, 1.165) is 17.9 Å². The Hall–Kier alpha value is -0.00312. The van der Waals surface area contributed by atoms with E-state index in [9.17, 15) is 4.79 Å². The first-order chi connectivity index (χ1) is 6.37. The topological polar surface area (TPSA) is 49.3 Å². The Balaban J connectivity index is 3.97. The summed E-state index contributed by atoms with van der Waals surface area (Å²) in [5.41, 5.74) is 0. The molecule has 0 aliphatic rings. The van der Waals surface area contributed by atoms with Gasteiger partial charge >= 0.3 is 5.97 Å². The quantitative estimate of drug-likeness (QED) is 0.523. The summed E-state index contributed by atoms with van der Waals surface area (Å²) in [4.78, 5) is 14.2. The molecule has 0 amide bonds. The van der Waals surface area contributed by atoms with Gasteiger partial charge in [-0.1, -0.05) is 26.6 Å². The van der Waals surface area contributed by atoms with Gasteiger partial charge in [0.1, 0.15) is 14.3 Å². The number of thioether (sulfide) groups is 1. The molecule has 0 aliphatic carbocycles. The highest BCUT2D eigenvalue weighted by Crippen LogP contribution is 2.07. The van der Waals surface area contributed by atoms with Crippen LogP contribution in [0.3, 0.4) is 0 Å². The molecule has 0 aromatic rings. The van der Waals surface area contributed by atoms with Crippen LogP contribution in [0.2, 0.25) is 19.6 Å². The van der Waals surface area contributed by atoms with E-state index in [1.807, 2.05) is 0 Å². The number of carbonyl (C=O) groups is 1. The molecule has 1 atom stereocenters. The van der Waals surface area contributed by atoms with Crippen molar-refractivity contribution in [3.8, 4) is 0 Å². The summed E-state index contributed by atoms with van der Waals surface area (Å²) in [7, 11) is -1.48. The molecule has 0 spiro atoms. The van der Waals surface area contributed by atoms with Crippen molar-refractivity contribution < 1.29 is 9.90 Å². The molecule has 0 radical (unpaired) electrons. The van der Waals surface area contributed by atoms with E-state index >= 15 is 0 Å². The Kier molecular flexibility index (Phi) is 6.47. The minimum absolute atomic E-state index is 0.360. The molecule has 0 saturated carbocycles. The van der Waals surface area contributed by atoms with Gasteiger partial charge in [0.25, 0.3) is 0 Å². The van der Waals surface area contributed by atoms with Gasteiger partial charge in [-0.25, -0.2) is 0 Å². The van der Waals surface area contributed by atoms with Gasteiger partial charge in [0, 0.05) is 0 Å². The predicted octanol–water partition coefficient (Wildman–Crippen LogP) is 2.01. The van der Waals surface area contributed by atoms with Crippen LogP contribution in [-0.2, 0) is 4.79 Å². The Labute approximate surface area is 91.7 Å². The number of rotatable bonds is 7. The number of nitrogens with one attached hydrogen (secondary N) is 1. The molecule has 0 aliphatic heterocycles. The molecule has 0 aromatic heterocycles. The van der Waals surface area contributed by atoms with Crippen LogP contribution in [0.5, 0.6) is 0 Å². The first-order valence-corrected chi connectivity index (χ1v) is 9.60. The average Bonchev–Trinajstić information content (AvgIpc) is 2.00. The minimum atomic E-state index is -1.48. The summed E-state index contributed by atoms with van der Waals surface area (Å²) >= 11 is 1.79. The second-order valence-electron chi connectivity index (χ2n) is 4.27. The van der Waals surface area contributed by atoms with E-state index in [1.54, 1.807) is 11.8 Å². The molecule has 5 heteroatoms. The maximum absolute atomic E-state index is 10.9. The molecule has 14 heavy (non-hydrogen) atoms. The normalized spacial score (nSPS) is 14.0. The van der Waals surface area contributed by atoms with Gasteiger partial charge in [0.2, 0.25) is 0 Å². The third kappa shape index (κ3) is 7.41. The van der Waals surface area contributed by atoms with Crippen molar-refractivity contribution in [2.75, 3.05) is 11.5 Å². The predicted molar refractivity (Wildman–Crippen MR) is 65.5 cm³/mol. The van der Waals surface area contributed by atoms with Crippen molar-refractivity contribution in [2.24, 2.45) is 0 Å². The molecule has 0 rings (SSSR count).